The number of aryl methyl sites for hydroxylation is 2. The van der Waals surface area contributed by atoms with Crippen LogP contribution in [0.1, 0.15) is 38.4 Å². The minimum atomic E-state index is -0.259. The molecule has 3 rings (SSSR count). The van der Waals surface area contributed by atoms with Gasteiger partial charge in [0.15, 0.2) is 0 Å². The van der Waals surface area contributed by atoms with Gasteiger partial charge in [-0.2, -0.15) is 0 Å². The fourth-order valence-corrected chi connectivity index (χ4v) is 3.78. The first-order chi connectivity index (χ1) is 13.9. The highest BCUT2D eigenvalue weighted by atomic mass is 32.1. The van der Waals surface area contributed by atoms with Gasteiger partial charge in [-0.25, -0.2) is 4.98 Å². The van der Waals surface area contributed by atoms with Crippen LogP contribution in [0.15, 0.2) is 47.8 Å². The summed E-state index contributed by atoms with van der Waals surface area (Å²) in [4.78, 5) is 28.7. The molecule has 3 aromatic rings. The Morgan fingerprint density at radius 3 is 2.52 bits per heavy atom. The molecule has 0 saturated heterocycles. The molecule has 29 heavy (non-hydrogen) atoms. The Balaban J connectivity index is 1.45. The fourth-order valence-electron chi connectivity index (χ4n) is 2.89. The van der Waals surface area contributed by atoms with E-state index in [1.807, 2.05) is 26.0 Å². The number of hydrogen-bond donors (Lipinski definition) is 3. The monoisotopic (exact) mass is 409 g/mol. The summed E-state index contributed by atoms with van der Waals surface area (Å²) in [6.07, 6.45) is 0.588. The molecule has 0 fully saturated rings. The van der Waals surface area contributed by atoms with Crippen molar-refractivity contribution in [2.75, 3.05) is 13.1 Å². The van der Waals surface area contributed by atoms with Crippen LogP contribution < -0.4 is 10.6 Å². The quantitative estimate of drug-likeness (QED) is 0.519. The molecule has 7 heteroatoms. The smallest absolute Gasteiger partial charge is 0.270 e. The number of carbonyl (C=O) groups excluding carboxylic acids is 2. The van der Waals surface area contributed by atoms with Gasteiger partial charge in [0.25, 0.3) is 11.8 Å². The maximum Gasteiger partial charge on any atom is 0.270 e. The van der Waals surface area contributed by atoms with Crippen LogP contribution in [0, 0.1) is 13.8 Å². The first-order valence-corrected chi connectivity index (χ1v) is 10.2. The van der Waals surface area contributed by atoms with Crippen LogP contribution in [-0.4, -0.2) is 35.0 Å². The summed E-state index contributed by atoms with van der Waals surface area (Å²) < 4.78 is 0. The lowest BCUT2D eigenvalue weighted by Crippen LogP contribution is -2.30. The van der Waals surface area contributed by atoms with Gasteiger partial charge < -0.3 is 15.7 Å². The summed E-state index contributed by atoms with van der Waals surface area (Å²) >= 11 is 1.45. The van der Waals surface area contributed by atoms with Crippen LogP contribution in [0.2, 0.25) is 0 Å². The molecule has 6 nitrogen and oxygen atoms in total. The van der Waals surface area contributed by atoms with Gasteiger partial charge in [-0.15, -0.1) is 11.3 Å². The lowest BCUT2D eigenvalue weighted by atomic mass is 10.1. The van der Waals surface area contributed by atoms with E-state index in [9.17, 15) is 14.7 Å². The number of aromatic nitrogens is 1. The molecule has 2 amide bonds. The van der Waals surface area contributed by atoms with Crippen molar-refractivity contribution in [1.29, 1.82) is 0 Å². The minimum Gasteiger partial charge on any atom is -0.508 e. The first-order valence-electron chi connectivity index (χ1n) is 9.32. The standard InChI is InChI=1S/C22H23N3O3S/c1-14-7-8-18(15(2)11-14)22-25-19(13-29-22)21(28)24-10-4-9-23-20(27)16-5-3-6-17(26)12-16/h3,5-8,11-13,26H,4,9-10H2,1-2H3,(H,23,27)(H,24,28). The van der Waals surface area contributed by atoms with Crippen molar-refractivity contribution in [3.8, 4) is 16.3 Å². The Bertz CT molecular complexity index is 1030. The zero-order chi connectivity index (χ0) is 20.8. The average Bonchev–Trinajstić information content (AvgIpc) is 3.17. The molecule has 1 heterocycles. The summed E-state index contributed by atoms with van der Waals surface area (Å²) in [5.41, 5.74) is 4.16. The molecule has 2 aromatic carbocycles. The van der Waals surface area contributed by atoms with Crippen molar-refractivity contribution in [3.63, 3.8) is 0 Å². The van der Waals surface area contributed by atoms with E-state index in [0.29, 0.717) is 30.8 Å². The van der Waals surface area contributed by atoms with Crippen LogP contribution in [0.25, 0.3) is 10.6 Å². The van der Waals surface area contributed by atoms with Gasteiger partial charge in [0.1, 0.15) is 16.5 Å². The van der Waals surface area contributed by atoms with Crippen molar-refractivity contribution in [1.82, 2.24) is 15.6 Å². The molecule has 0 atom stereocenters. The largest absolute Gasteiger partial charge is 0.508 e. The summed E-state index contributed by atoms with van der Waals surface area (Å²) in [6.45, 7) is 4.92. The Morgan fingerprint density at radius 2 is 1.79 bits per heavy atom. The number of aromatic hydroxyl groups is 1. The third kappa shape index (κ3) is 5.42. The second kappa shape index (κ2) is 9.34. The van der Waals surface area contributed by atoms with E-state index in [1.165, 1.54) is 29.0 Å². The molecule has 3 N–H and O–H groups in total. The lowest BCUT2D eigenvalue weighted by molar-refractivity contribution is 0.0948. The number of hydrogen-bond acceptors (Lipinski definition) is 5. The van der Waals surface area contributed by atoms with Gasteiger partial charge in [0.2, 0.25) is 0 Å². The van der Waals surface area contributed by atoms with E-state index < -0.39 is 0 Å². The number of nitrogens with one attached hydrogen (secondary N) is 2. The fraction of sp³-hybridized carbons (Fsp3) is 0.227. The molecule has 0 unspecified atom stereocenters. The SMILES string of the molecule is Cc1ccc(-c2nc(C(=O)NCCCNC(=O)c3cccc(O)c3)cs2)c(C)c1. The number of amides is 2. The van der Waals surface area contributed by atoms with E-state index in [-0.39, 0.29) is 17.6 Å². The highest BCUT2D eigenvalue weighted by Crippen LogP contribution is 2.27. The van der Waals surface area contributed by atoms with E-state index in [1.54, 1.807) is 17.5 Å². The Kier molecular flexibility index (Phi) is 6.61. The van der Waals surface area contributed by atoms with Crippen molar-refractivity contribution >= 4 is 23.2 Å². The molecular weight excluding hydrogens is 386 g/mol. The zero-order valence-corrected chi connectivity index (χ0v) is 17.2. The van der Waals surface area contributed by atoms with Gasteiger partial charge in [0.05, 0.1) is 0 Å². The van der Waals surface area contributed by atoms with Gasteiger partial charge in [0, 0.05) is 29.6 Å². The van der Waals surface area contributed by atoms with Gasteiger partial charge in [-0.1, -0.05) is 29.8 Å². The second-order valence-electron chi connectivity index (χ2n) is 6.77. The molecule has 0 aliphatic heterocycles. The number of phenolic OH excluding ortho intramolecular Hbond substituents is 1. The van der Waals surface area contributed by atoms with Crippen molar-refractivity contribution < 1.29 is 14.7 Å². The summed E-state index contributed by atoms with van der Waals surface area (Å²) in [6, 6.07) is 12.3. The van der Waals surface area contributed by atoms with Crippen LogP contribution in [0.4, 0.5) is 0 Å². The summed E-state index contributed by atoms with van der Waals surface area (Å²) in [7, 11) is 0. The maximum atomic E-state index is 12.3. The average molecular weight is 410 g/mol. The Morgan fingerprint density at radius 1 is 1.03 bits per heavy atom. The van der Waals surface area contributed by atoms with E-state index in [0.717, 1.165) is 16.1 Å². The molecule has 0 aliphatic rings. The topological polar surface area (TPSA) is 91.3 Å². The number of thiazole rings is 1. The molecule has 0 spiro atoms. The Hall–Kier alpha value is -3.19. The van der Waals surface area contributed by atoms with E-state index in [4.69, 9.17) is 0 Å². The van der Waals surface area contributed by atoms with E-state index in [2.05, 4.69) is 21.7 Å². The zero-order valence-electron chi connectivity index (χ0n) is 16.4. The molecule has 0 aliphatic carbocycles. The number of phenols is 1. The minimum absolute atomic E-state index is 0.0494. The van der Waals surface area contributed by atoms with Gasteiger partial charge in [-0.05, 0) is 44.0 Å². The second-order valence-corrected chi connectivity index (χ2v) is 7.63. The maximum absolute atomic E-state index is 12.3. The normalized spacial score (nSPS) is 10.6. The molecule has 150 valence electrons. The lowest BCUT2D eigenvalue weighted by Gasteiger charge is -2.06. The third-order valence-electron chi connectivity index (χ3n) is 4.38. The number of carbonyl (C=O) groups is 2. The predicted molar refractivity (Wildman–Crippen MR) is 114 cm³/mol. The molecule has 1 aromatic heterocycles. The van der Waals surface area contributed by atoms with Crippen LogP contribution in [0.5, 0.6) is 5.75 Å². The van der Waals surface area contributed by atoms with Gasteiger partial charge >= 0.3 is 0 Å². The summed E-state index contributed by atoms with van der Waals surface area (Å²) in [5.74, 6) is -0.435. The van der Waals surface area contributed by atoms with Crippen LogP contribution >= 0.6 is 11.3 Å². The molecule has 0 saturated carbocycles. The molecule has 0 radical (unpaired) electrons. The van der Waals surface area contributed by atoms with Crippen molar-refractivity contribution in [3.05, 3.63) is 70.2 Å². The first kappa shape index (κ1) is 20.5. The third-order valence-corrected chi connectivity index (χ3v) is 5.26. The Labute approximate surface area is 173 Å². The highest BCUT2D eigenvalue weighted by molar-refractivity contribution is 7.13. The van der Waals surface area contributed by atoms with Gasteiger partial charge in [-0.3, -0.25) is 9.59 Å². The summed E-state index contributed by atoms with van der Waals surface area (Å²) in [5, 5.41) is 17.6. The van der Waals surface area contributed by atoms with Crippen molar-refractivity contribution in [2.24, 2.45) is 0 Å². The highest BCUT2D eigenvalue weighted by Gasteiger charge is 2.13. The predicted octanol–water partition coefficient (Wildman–Crippen LogP) is 3.68. The molecular formula is C22H23N3O3S. The van der Waals surface area contributed by atoms with Crippen molar-refractivity contribution in [2.45, 2.75) is 20.3 Å². The number of nitrogens with zero attached hydrogens (tertiary/aromatic N) is 1. The number of rotatable bonds is 7. The van der Waals surface area contributed by atoms with Crippen LogP contribution in [0.3, 0.4) is 0 Å². The number of benzene rings is 2. The molecule has 0 bridgehead atoms. The van der Waals surface area contributed by atoms with Crippen LogP contribution in [-0.2, 0) is 0 Å². The van der Waals surface area contributed by atoms with E-state index >= 15 is 0 Å².